The second-order valence-corrected chi connectivity index (χ2v) is 4.91. The monoisotopic (exact) mass is 254 g/mol. The van der Waals surface area contributed by atoms with E-state index in [1.165, 1.54) is 18.4 Å². The van der Waals surface area contributed by atoms with Crippen molar-refractivity contribution in [2.45, 2.75) is 39.5 Å². The van der Waals surface area contributed by atoms with E-state index in [-0.39, 0.29) is 12.5 Å². The van der Waals surface area contributed by atoms with Crippen molar-refractivity contribution in [2.24, 2.45) is 0 Å². The van der Waals surface area contributed by atoms with E-state index in [2.05, 4.69) is 12.2 Å². The summed E-state index contributed by atoms with van der Waals surface area (Å²) in [6.07, 6.45) is 4.59. The number of rotatable bonds is 8. The molecule has 0 unspecified atom stereocenters. The topological polar surface area (TPSA) is 52.6 Å². The number of hydrogen-bond acceptors (Lipinski definition) is 3. The Labute approximate surface area is 110 Å². The number of aliphatic hydroxyl groups excluding tert-OH is 1. The lowest BCUT2D eigenvalue weighted by Gasteiger charge is -2.26. The smallest absolute Gasteiger partial charge is 0.249 e. The number of amides is 1. The molecule has 1 heterocycles. The van der Waals surface area contributed by atoms with Crippen LogP contribution in [0.25, 0.3) is 0 Å². The van der Waals surface area contributed by atoms with Crippen LogP contribution in [0.5, 0.6) is 0 Å². The highest BCUT2D eigenvalue weighted by Crippen LogP contribution is 2.12. The molecule has 0 aliphatic carbocycles. The van der Waals surface area contributed by atoms with Gasteiger partial charge < -0.3 is 15.3 Å². The van der Waals surface area contributed by atoms with Crippen LogP contribution in [0.3, 0.4) is 0 Å². The first-order chi connectivity index (χ1) is 8.70. The summed E-state index contributed by atoms with van der Waals surface area (Å²) in [5, 5.41) is 12.2. The van der Waals surface area contributed by atoms with Crippen LogP contribution >= 0.6 is 0 Å². The van der Waals surface area contributed by atoms with Gasteiger partial charge in [-0.15, -0.1) is 0 Å². The van der Waals surface area contributed by atoms with Gasteiger partial charge in [0.05, 0.1) is 6.61 Å². The number of aliphatic hydroxyl groups is 1. The lowest BCUT2D eigenvalue weighted by Crippen LogP contribution is -2.40. The van der Waals surface area contributed by atoms with Crippen molar-refractivity contribution in [3.63, 3.8) is 0 Å². The number of unbranched alkanes of at least 4 members (excludes halogenated alkanes) is 3. The predicted octanol–water partition coefficient (Wildman–Crippen LogP) is 1.31. The third kappa shape index (κ3) is 4.42. The lowest BCUT2D eigenvalue weighted by atomic mass is 10.0. The van der Waals surface area contributed by atoms with Crippen LogP contribution < -0.4 is 5.32 Å². The molecule has 18 heavy (non-hydrogen) atoms. The minimum atomic E-state index is 0.0420. The maximum atomic E-state index is 12.3. The molecule has 4 heteroatoms. The van der Waals surface area contributed by atoms with Gasteiger partial charge in [-0.1, -0.05) is 26.2 Å². The Hall–Kier alpha value is -0.870. The van der Waals surface area contributed by atoms with Crippen LogP contribution in [0.15, 0.2) is 11.1 Å². The van der Waals surface area contributed by atoms with Crippen LogP contribution in [-0.4, -0.2) is 48.7 Å². The third-order valence-corrected chi connectivity index (χ3v) is 3.47. The lowest BCUT2D eigenvalue weighted by molar-refractivity contribution is -0.127. The van der Waals surface area contributed by atoms with Crippen LogP contribution in [0.2, 0.25) is 0 Å². The van der Waals surface area contributed by atoms with E-state index in [1.54, 1.807) is 4.90 Å². The van der Waals surface area contributed by atoms with Gasteiger partial charge in [-0.05, 0) is 18.9 Å². The second-order valence-electron chi connectivity index (χ2n) is 4.91. The summed E-state index contributed by atoms with van der Waals surface area (Å²) in [4.78, 5) is 14.0. The molecule has 0 aromatic carbocycles. The van der Waals surface area contributed by atoms with Gasteiger partial charge >= 0.3 is 0 Å². The minimum absolute atomic E-state index is 0.0420. The van der Waals surface area contributed by atoms with E-state index in [1.807, 2.05) is 6.92 Å². The predicted molar refractivity (Wildman–Crippen MR) is 73.4 cm³/mol. The van der Waals surface area contributed by atoms with E-state index < -0.39 is 0 Å². The summed E-state index contributed by atoms with van der Waals surface area (Å²) in [5.74, 6) is 0.0945. The SMILES string of the molecule is CCCCCCN(CCO)C(=O)C(C)=C1CNC1. The van der Waals surface area contributed by atoms with Crippen LogP contribution in [0.4, 0.5) is 0 Å². The first-order valence-electron chi connectivity index (χ1n) is 7.00. The van der Waals surface area contributed by atoms with Gasteiger partial charge in [0.2, 0.25) is 5.91 Å². The molecule has 0 radical (unpaired) electrons. The Morgan fingerprint density at radius 2 is 2.00 bits per heavy atom. The third-order valence-electron chi connectivity index (χ3n) is 3.47. The molecular formula is C14H26N2O2. The van der Waals surface area contributed by atoms with E-state index in [4.69, 9.17) is 5.11 Å². The normalized spacial score (nSPS) is 14.3. The number of hydrogen-bond donors (Lipinski definition) is 2. The summed E-state index contributed by atoms with van der Waals surface area (Å²) in [6, 6.07) is 0. The van der Waals surface area contributed by atoms with E-state index in [9.17, 15) is 4.79 Å². The van der Waals surface area contributed by atoms with Gasteiger partial charge in [-0.2, -0.15) is 0 Å². The summed E-state index contributed by atoms with van der Waals surface area (Å²) >= 11 is 0. The standard InChI is InChI=1S/C14H26N2O2/c1-3-4-5-6-7-16(8-9-17)14(18)12(2)13-10-15-11-13/h15,17H,3-11H2,1-2H3. The molecule has 0 atom stereocenters. The average Bonchev–Trinajstić information content (AvgIpc) is 2.30. The molecule has 1 rings (SSSR count). The van der Waals surface area contributed by atoms with Gasteiger partial charge in [0.1, 0.15) is 0 Å². The van der Waals surface area contributed by atoms with E-state index >= 15 is 0 Å². The van der Waals surface area contributed by atoms with Crippen molar-refractivity contribution in [3.8, 4) is 0 Å². The van der Waals surface area contributed by atoms with Gasteiger partial charge in [0.15, 0.2) is 0 Å². The van der Waals surface area contributed by atoms with Gasteiger partial charge in [0, 0.05) is 31.8 Å². The average molecular weight is 254 g/mol. The molecular weight excluding hydrogens is 228 g/mol. The Morgan fingerprint density at radius 3 is 2.50 bits per heavy atom. The molecule has 4 nitrogen and oxygen atoms in total. The number of carbonyl (C=O) groups is 1. The Balaban J connectivity index is 2.46. The molecule has 0 aromatic heterocycles. The summed E-state index contributed by atoms with van der Waals surface area (Å²) in [5.41, 5.74) is 2.06. The highest BCUT2D eigenvalue weighted by Gasteiger charge is 2.20. The molecule has 0 aromatic rings. The molecule has 1 aliphatic heterocycles. The summed E-state index contributed by atoms with van der Waals surface area (Å²) in [6.45, 7) is 6.99. The van der Waals surface area contributed by atoms with Gasteiger partial charge in [-0.3, -0.25) is 4.79 Å². The van der Waals surface area contributed by atoms with E-state index in [0.29, 0.717) is 6.54 Å². The molecule has 0 saturated carbocycles. The highest BCUT2D eigenvalue weighted by molar-refractivity contribution is 5.94. The van der Waals surface area contributed by atoms with Crippen molar-refractivity contribution >= 4 is 5.91 Å². The highest BCUT2D eigenvalue weighted by atomic mass is 16.3. The zero-order valence-corrected chi connectivity index (χ0v) is 11.7. The van der Waals surface area contributed by atoms with Crippen LogP contribution in [0.1, 0.15) is 39.5 Å². The minimum Gasteiger partial charge on any atom is -0.395 e. The van der Waals surface area contributed by atoms with Crippen molar-refractivity contribution in [2.75, 3.05) is 32.8 Å². The van der Waals surface area contributed by atoms with Gasteiger partial charge in [0.25, 0.3) is 0 Å². The molecule has 2 N–H and O–H groups in total. The molecule has 104 valence electrons. The Bertz CT molecular complexity index is 294. The first-order valence-corrected chi connectivity index (χ1v) is 7.00. The number of carbonyl (C=O) groups excluding carboxylic acids is 1. The van der Waals surface area contributed by atoms with Crippen molar-refractivity contribution in [3.05, 3.63) is 11.1 Å². The fraction of sp³-hybridized carbons (Fsp3) is 0.786. The summed E-state index contributed by atoms with van der Waals surface area (Å²) in [7, 11) is 0. The number of nitrogens with zero attached hydrogens (tertiary/aromatic N) is 1. The largest absolute Gasteiger partial charge is 0.395 e. The van der Waals surface area contributed by atoms with Crippen LogP contribution in [0, 0.1) is 0 Å². The van der Waals surface area contributed by atoms with Crippen molar-refractivity contribution < 1.29 is 9.90 Å². The maximum absolute atomic E-state index is 12.3. The zero-order valence-electron chi connectivity index (χ0n) is 11.7. The van der Waals surface area contributed by atoms with Gasteiger partial charge in [-0.25, -0.2) is 0 Å². The Morgan fingerprint density at radius 1 is 1.28 bits per heavy atom. The fourth-order valence-corrected chi connectivity index (χ4v) is 2.07. The van der Waals surface area contributed by atoms with Crippen molar-refractivity contribution in [1.82, 2.24) is 10.2 Å². The molecule has 1 saturated heterocycles. The molecule has 1 aliphatic rings. The molecule has 0 bridgehead atoms. The quantitative estimate of drug-likeness (QED) is 0.507. The Kier molecular flexibility index (Phi) is 6.98. The molecule has 0 spiro atoms. The van der Waals surface area contributed by atoms with E-state index in [0.717, 1.165) is 38.0 Å². The fourth-order valence-electron chi connectivity index (χ4n) is 2.07. The first kappa shape index (κ1) is 15.2. The molecule has 1 fully saturated rings. The van der Waals surface area contributed by atoms with Crippen molar-refractivity contribution in [1.29, 1.82) is 0 Å². The second kappa shape index (κ2) is 8.27. The maximum Gasteiger partial charge on any atom is 0.249 e. The van der Waals surface area contributed by atoms with Crippen LogP contribution in [-0.2, 0) is 4.79 Å². The summed E-state index contributed by atoms with van der Waals surface area (Å²) < 4.78 is 0. The number of nitrogens with one attached hydrogen (secondary N) is 1. The zero-order chi connectivity index (χ0) is 13.4. The molecule has 1 amide bonds.